The number of hydrogen-bond donors (Lipinski definition) is 5. The molecule has 0 bridgehead atoms. The number of carbonyl (C=O) groups excluding carboxylic acids is 1. The molecule has 100 heavy (non-hydrogen) atoms. The Labute approximate surface area is 635 Å². The zero-order valence-corrected chi connectivity index (χ0v) is 69.4. The summed E-state index contributed by atoms with van der Waals surface area (Å²) in [6.07, 6.45) is 32.8. The summed E-state index contributed by atoms with van der Waals surface area (Å²) in [6, 6.07) is 0. The van der Waals surface area contributed by atoms with Crippen LogP contribution in [0, 0.1) is 170 Å². The van der Waals surface area contributed by atoms with Crippen molar-refractivity contribution in [3.05, 3.63) is 36.5 Å². The number of aliphatic hydroxyl groups excluding tert-OH is 3. The van der Waals surface area contributed by atoms with Gasteiger partial charge in [-0.05, 0) is 361 Å². The van der Waals surface area contributed by atoms with Gasteiger partial charge in [-0.2, -0.15) is 0 Å². The quantitative estimate of drug-likeness (QED) is 0.130. The zero-order valence-electron chi connectivity index (χ0n) is 68.4. The smallest absolute Gasteiger partial charge is 1.00 e. The predicted octanol–water partition coefficient (Wildman–Crippen LogP) is 18.1. The Balaban J connectivity index is 0.000000161. The summed E-state index contributed by atoms with van der Waals surface area (Å²) in [7, 11) is 0. The average molecular weight is 1390 g/mol. The standard InChI is InChI=1S/C30H48O3.C30H46O3.C30H50O2.B.Na.H/c2*1-18(2)19-10-15-30(25(32)33)17-16-28(6)20(24(19)30)8-9-22-27(5)13-12-23(31)26(3,4)21(27)11-14-29(22,28)7;1-19(2)20-10-15-30(18-31)17-16-28(6)21(25(20)30)8-9-23-27(5)13-12-24(32)26(3,4)22(27)11-14-29(23,28)7;;;/h19-24,31H,1,8-17H2,2-7H3,(H,32,33);19-22,24H,1,8-17H2,2-7H3,(H,32,33);20-25,31-32H,1,8-18H2,2-7H3;;;/q;;;;+1;-1/t19-,20?,21?,22?,23-,24?,27-,28+,29+,30-;19-,20?,21?,22?,24?,27-,28+,29+,30-;20-,21?,22?,23?,24-,25?,27-,28+,29+,30+;;;/m000.../s1. The van der Waals surface area contributed by atoms with Crippen LogP contribution < -0.4 is 29.6 Å². The SMILES string of the molecule is C=C(C)[C@@H]1CC[C@]2(C(=O)O)CC[C@]3(C)C(CCC4[C@@]5(C)CCC(=O)C(C)(C)C5CC[C@]43C)C12.C=C(C)[C@@H]1CC[C@]2(C(=O)O)CC[C@]3(C)C(CCC4[C@@]5(C)CC[C@H](O)C(C)(C)C5CC[C@]43C)C12.C=C(C)[C@@H]1CC[C@]2(CO)CC[C@]3(C)C(CCC4[C@@]5(C)CC[C@H](O)C(C)(C)C5CC[C@]43C)C12.[B].[H-].[Na+]. The molecule has 0 amide bonds. The molecule has 10 heteroatoms. The second-order valence-corrected chi connectivity index (χ2v) is 43.4. The van der Waals surface area contributed by atoms with Crippen LogP contribution in [0.2, 0.25) is 0 Å². The van der Waals surface area contributed by atoms with E-state index in [-0.39, 0.29) is 118 Å². The third-order valence-corrected chi connectivity index (χ3v) is 40.2. The van der Waals surface area contributed by atoms with Gasteiger partial charge in [-0.15, -0.1) is 0 Å². The topological polar surface area (TPSA) is 152 Å². The van der Waals surface area contributed by atoms with Crippen LogP contribution in [-0.4, -0.2) is 70.5 Å². The summed E-state index contributed by atoms with van der Waals surface area (Å²) in [5.74, 6) is 7.19. The second kappa shape index (κ2) is 25.7. The molecule has 0 aromatic carbocycles. The first-order chi connectivity index (χ1) is 45.4. The van der Waals surface area contributed by atoms with Crippen molar-refractivity contribution in [2.24, 2.45) is 170 Å². The third-order valence-electron chi connectivity index (χ3n) is 40.2. The fourth-order valence-electron chi connectivity index (χ4n) is 34.4. The summed E-state index contributed by atoms with van der Waals surface area (Å²) in [5.41, 5.74) is 4.98. The molecule has 3 radical (unpaired) electrons. The minimum atomic E-state index is -0.547. The number of fused-ring (bicyclic) bond motifs is 21. The molecule has 12 unspecified atom stereocenters. The van der Waals surface area contributed by atoms with Crippen LogP contribution in [0.1, 0.15) is 319 Å². The van der Waals surface area contributed by atoms with Crippen LogP contribution in [0.3, 0.4) is 0 Å². The number of carboxylic acids is 2. The molecule has 15 saturated carbocycles. The Hall–Kier alpha value is -1.23. The number of carbonyl (C=O) groups is 3. The molecule has 15 aliphatic rings. The first-order valence-electron chi connectivity index (χ1n) is 41.3. The molecule has 0 heterocycles. The average Bonchev–Trinajstić information content (AvgIpc) is 1.64. The van der Waals surface area contributed by atoms with Gasteiger partial charge in [0, 0.05) is 26.9 Å². The van der Waals surface area contributed by atoms with E-state index in [2.05, 4.69) is 144 Å². The Morgan fingerprint density at radius 2 is 0.720 bits per heavy atom. The monoisotopic (exact) mass is 1390 g/mol. The molecule has 0 aromatic heterocycles. The fourth-order valence-corrected chi connectivity index (χ4v) is 34.4. The Kier molecular flexibility index (Phi) is 20.5. The normalized spacial score (nSPS) is 53.6. The van der Waals surface area contributed by atoms with Crippen molar-refractivity contribution in [3.8, 4) is 0 Å². The summed E-state index contributed by atoms with van der Waals surface area (Å²) in [5, 5.41) is 53.4. The maximum atomic E-state index is 12.9. The van der Waals surface area contributed by atoms with Gasteiger partial charge in [0.05, 0.1) is 23.0 Å². The van der Waals surface area contributed by atoms with Crippen LogP contribution >= 0.6 is 0 Å². The van der Waals surface area contributed by atoms with Crippen molar-refractivity contribution in [1.29, 1.82) is 0 Å². The van der Waals surface area contributed by atoms with Gasteiger partial charge in [-0.1, -0.05) is 140 Å². The molecule has 5 N–H and O–H groups in total. The van der Waals surface area contributed by atoms with Gasteiger partial charge in [-0.3, -0.25) is 14.4 Å². The molecule has 0 spiro atoms. The molecule has 0 saturated heterocycles. The maximum Gasteiger partial charge on any atom is 1.00 e. The van der Waals surface area contributed by atoms with Crippen LogP contribution in [-0.2, 0) is 14.4 Å². The molecular weight excluding hydrogens is 1240 g/mol. The van der Waals surface area contributed by atoms with Gasteiger partial charge < -0.3 is 27.0 Å². The maximum absolute atomic E-state index is 12.9. The summed E-state index contributed by atoms with van der Waals surface area (Å²) >= 11 is 0. The van der Waals surface area contributed by atoms with Gasteiger partial charge in [0.1, 0.15) is 5.78 Å². The summed E-state index contributed by atoms with van der Waals surface area (Å²) in [6.45, 7) is 57.1. The van der Waals surface area contributed by atoms with Crippen molar-refractivity contribution < 1.29 is 70.9 Å². The van der Waals surface area contributed by atoms with Crippen LogP contribution in [0.4, 0.5) is 0 Å². The zero-order chi connectivity index (χ0) is 71.7. The van der Waals surface area contributed by atoms with E-state index in [0.29, 0.717) is 93.7 Å². The second-order valence-electron chi connectivity index (χ2n) is 43.4. The van der Waals surface area contributed by atoms with E-state index in [1.807, 2.05) is 0 Å². The first kappa shape index (κ1) is 79.8. The van der Waals surface area contributed by atoms with Gasteiger partial charge in [0.2, 0.25) is 0 Å². The van der Waals surface area contributed by atoms with Crippen molar-refractivity contribution in [3.63, 3.8) is 0 Å². The van der Waals surface area contributed by atoms with Crippen LogP contribution in [0.15, 0.2) is 36.5 Å². The minimum Gasteiger partial charge on any atom is -1.00 e. The number of ketones is 1. The van der Waals surface area contributed by atoms with Crippen molar-refractivity contribution >= 4 is 26.1 Å². The van der Waals surface area contributed by atoms with Crippen LogP contribution in [0.25, 0.3) is 0 Å². The number of Topliss-reactive ketones (excluding diaryl/α,β-unsaturated/α-hetero) is 1. The Morgan fingerprint density at radius 3 is 1.08 bits per heavy atom. The number of hydrogen-bond acceptors (Lipinski definition) is 6. The van der Waals surface area contributed by atoms with E-state index < -0.39 is 22.8 Å². The number of aliphatic carboxylic acids is 2. The molecule has 8 nitrogen and oxygen atoms in total. The van der Waals surface area contributed by atoms with Crippen molar-refractivity contribution in [1.82, 2.24) is 0 Å². The van der Waals surface area contributed by atoms with E-state index in [9.17, 15) is 39.9 Å². The molecule has 557 valence electrons. The molecule has 0 aromatic rings. The summed E-state index contributed by atoms with van der Waals surface area (Å²) in [4.78, 5) is 38.4. The van der Waals surface area contributed by atoms with Gasteiger partial charge in [-0.25, -0.2) is 0 Å². The Morgan fingerprint density at radius 1 is 0.390 bits per heavy atom. The molecule has 0 aliphatic heterocycles. The van der Waals surface area contributed by atoms with Crippen molar-refractivity contribution in [2.75, 3.05) is 6.61 Å². The summed E-state index contributed by atoms with van der Waals surface area (Å²) < 4.78 is 0. The number of aliphatic hydroxyl groups is 3. The molecule has 15 fully saturated rings. The van der Waals surface area contributed by atoms with Gasteiger partial charge >= 0.3 is 41.5 Å². The fraction of sp³-hybridized carbons (Fsp3) is 0.900. The molecule has 29 atom stereocenters. The number of carboxylic acid groups (broad SMARTS) is 2. The minimum absolute atomic E-state index is 0. The number of allylic oxidation sites excluding steroid dienone is 3. The largest absolute Gasteiger partial charge is 1.00 e. The van der Waals surface area contributed by atoms with E-state index in [0.717, 1.165) is 108 Å². The van der Waals surface area contributed by atoms with Gasteiger partial charge in [0.15, 0.2) is 0 Å². The Bertz CT molecular complexity index is 3230. The molecular formula is C90H145BNaO8. The molecule has 15 aliphatic carbocycles. The first-order valence-corrected chi connectivity index (χ1v) is 41.3. The molecule has 15 rings (SSSR count). The third kappa shape index (κ3) is 10.4. The predicted molar refractivity (Wildman–Crippen MR) is 403 cm³/mol. The van der Waals surface area contributed by atoms with E-state index >= 15 is 0 Å². The van der Waals surface area contributed by atoms with E-state index in [1.165, 1.54) is 113 Å². The van der Waals surface area contributed by atoms with Gasteiger partial charge in [0.25, 0.3) is 0 Å². The van der Waals surface area contributed by atoms with E-state index in [4.69, 9.17) is 0 Å². The number of rotatable bonds is 6. The van der Waals surface area contributed by atoms with Crippen LogP contribution in [0.5, 0.6) is 0 Å². The van der Waals surface area contributed by atoms with E-state index in [1.54, 1.807) is 0 Å². The van der Waals surface area contributed by atoms with Crippen molar-refractivity contribution in [2.45, 2.75) is 329 Å².